The highest BCUT2D eigenvalue weighted by atomic mass is 32.1. The van der Waals surface area contributed by atoms with Crippen LogP contribution in [0.15, 0.2) is 71.8 Å². The van der Waals surface area contributed by atoms with Gasteiger partial charge in [0.15, 0.2) is 0 Å². The summed E-state index contributed by atoms with van der Waals surface area (Å²) in [5, 5.41) is 4.52. The summed E-state index contributed by atoms with van der Waals surface area (Å²) in [4.78, 5) is 20.0. The molecule has 4 aromatic rings. The van der Waals surface area contributed by atoms with E-state index >= 15 is 0 Å². The summed E-state index contributed by atoms with van der Waals surface area (Å²) in [5.74, 6) is 0. The van der Waals surface area contributed by atoms with Crippen LogP contribution in [-0.4, -0.2) is 15.6 Å². The van der Waals surface area contributed by atoms with Gasteiger partial charge in [-0.15, -0.1) is 11.3 Å². The summed E-state index contributed by atoms with van der Waals surface area (Å²) in [6, 6.07) is 21.0. The normalized spacial score (nSPS) is 16.1. The number of hydrogen-bond acceptors (Lipinski definition) is 4. The first kappa shape index (κ1) is 18.3. The Hall–Kier alpha value is -2.76. The Morgan fingerprint density at radius 3 is 2.52 bits per heavy atom. The maximum Gasteiger partial charge on any atom is 0.262 e. The van der Waals surface area contributed by atoms with E-state index in [0.29, 0.717) is 12.6 Å². The van der Waals surface area contributed by atoms with Crippen LogP contribution in [0.1, 0.15) is 28.0 Å². The number of fused-ring (bicyclic) bond motifs is 3. The Kier molecular flexibility index (Phi) is 5.00. The van der Waals surface area contributed by atoms with Crippen LogP contribution < -0.4 is 10.9 Å². The zero-order valence-electron chi connectivity index (χ0n) is 16.2. The van der Waals surface area contributed by atoms with Gasteiger partial charge in [-0.1, -0.05) is 60.7 Å². The van der Waals surface area contributed by atoms with Crippen molar-refractivity contribution < 1.29 is 0 Å². The van der Waals surface area contributed by atoms with Gasteiger partial charge in [0, 0.05) is 17.5 Å². The summed E-state index contributed by atoms with van der Waals surface area (Å²) in [6.45, 7) is 1.45. The van der Waals surface area contributed by atoms with Crippen molar-refractivity contribution in [2.24, 2.45) is 0 Å². The van der Waals surface area contributed by atoms with Crippen molar-refractivity contribution in [3.05, 3.63) is 98.9 Å². The lowest BCUT2D eigenvalue weighted by molar-refractivity contribution is 0.462. The molecule has 4 nitrogen and oxygen atoms in total. The molecule has 0 saturated carbocycles. The van der Waals surface area contributed by atoms with Crippen LogP contribution in [0, 0.1) is 0 Å². The van der Waals surface area contributed by atoms with E-state index < -0.39 is 0 Å². The van der Waals surface area contributed by atoms with Gasteiger partial charge in [0.1, 0.15) is 4.83 Å². The number of rotatable bonds is 5. The molecule has 1 aliphatic carbocycles. The first-order valence-electron chi connectivity index (χ1n) is 10.1. The number of aromatic nitrogens is 2. The molecule has 0 fully saturated rings. The third-order valence-corrected chi connectivity index (χ3v) is 6.83. The van der Waals surface area contributed by atoms with Crippen LogP contribution in [0.25, 0.3) is 10.2 Å². The Labute approximate surface area is 173 Å². The minimum absolute atomic E-state index is 0.0899. The smallest absolute Gasteiger partial charge is 0.262 e. The monoisotopic (exact) mass is 401 g/mol. The summed E-state index contributed by atoms with van der Waals surface area (Å²) >= 11 is 1.69. The zero-order chi connectivity index (χ0) is 19.6. The van der Waals surface area contributed by atoms with Gasteiger partial charge in [-0.25, -0.2) is 4.98 Å². The van der Waals surface area contributed by atoms with Crippen molar-refractivity contribution in [2.75, 3.05) is 0 Å². The second-order valence-corrected chi connectivity index (χ2v) is 8.74. The van der Waals surface area contributed by atoms with Gasteiger partial charge in [-0.05, 0) is 36.0 Å². The predicted octanol–water partition coefficient (Wildman–Crippen LogP) is 4.15. The Morgan fingerprint density at radius 2 is 1.76 bits per heavy atom. The first-order chi connectivity index (χ1) is 14.3. The third-order valence-electron chi connectivity index (χ3n) is 5.67. The van der Waals surface area contributed by atoms with Crippen molar-refractivity contribution >= 4 is 21.6 Å². The molecule has 1 aliphatic rings. The Morgan fingerprint density at radius 1 is 1.03 bits per heavy atom. The summed E-state index contributed by atoms with van der Waals surface area (Å²) in [7, 11) is 0. The molecule has 2 aromatic carbocycles. The molecule has 146 valence electrons. The molecule has 0 bridgehead atoms. The molecule has 1 N–H and O–H groups in total. The average Bonchev–Trinajstić information content (AvgIpc) is 3.14. The van der Waals surface area contributed by atoms with E-state index in [1.807, 2.05) is 36.4 Å². The van der Waals surface area contributed by atoms with Crippen LogP contribution in [0.4, 0.5) is 0 Å². The van der Waals surface area contributed by atoms with Crippen molar-refractivity contribution in [1.82, 2.24) is 14.9 Å². The summed E-state index contributed by atoms with van der Waals surface area (Å²) in [5.41, 5.74) is 3.74. The Balaban J connectivity index is 1.38. The van der Waals surface area contributed by atoms with E-state index in [-0.39, 0.29) is 5.56 Å². The van der Waals surface area contributed by atoms with E-state index in [9.17, 15) is 4.79 Å². The van der Waals surface area contributed by atoms with Gasteiger partial charge in [0.05, 0.1) is 18.3 Å². The quantitative estimate of drug-likeness (QED) is 0.546. The van der Waals surface area contributed by atoms with E-state index in [4.69, 9.17) is 0 Å². The standard InChI is InChI=1S/C24H23N3OS/c28-24-22-20-12-11-19(25-14-17-7-3-1-4-8-17)13-21(20)29-23(22)26-16-27(24)15-18-9-5-2-6-10-18/h1-10,16,19,25H,11-15H2. The fourth-order valence-electron chi connectivity index (χ4n) is 4.13. The first-order valence-corrected chi connectivity index (χ1v) is 10.9. The molecule has 5 rings (SSSR count). The molecule has 0 spiro atoms. The molecule has 0 saturated heterocycles. The molecule has 29 heavy (non-hydrogen) atoms. The van der Waals surface area contributed by atoms with Crippen molar-refractivity contribution in [2.45, 2.75) is 38.4 Å². The van der Waals surface area contributed by atoms with Gasteiger partial charge in [0.25, 0.3) is 5.56 Å². The van der Waals surface area contributed by atoms with Gasteiger partial charge >= 0.3 is 0 Å². The van der Waals surface area contributed by atoms with Crippen LogP contribution >= 0.6 is 11.3 Å². The average molecular weight is 402 g/mol. The molecule has 1 unspecified atom stereocenters. The Bertz CT molecular complexity index is 1180. The fraction of sp³-hybridized carbons (Fsp3) is 0.250. The van der Waals surface area contributed by atoms with E-state index in [2.05, 4.69) is 34.6 Å². The van der Waals surface area contributed by atoms with E-state index in [1.165, 1.54) is 16.0 Å². The molecular weight excluding hydrogens is 378 g/mol. The highest BCUT2D eigenvalue weighted by molar-refractivity contribution is 7.18. The zero-order valence-corrected chi connectivity index (χ0v) is 17.0. The number of aryl methyl sites for hydroxylation is 1. The SMILES string of the molecule is O=c1c2c3c(sc2ncn1Cc1ccccc1)CC(NCc1ccccc1)CC3. The molecule has 2 heterocycles. The molecular formula is C24H23N3OS. The second-order valence-electron chi connectivity index (χ2n) is 7.65. The van der Waals surface area contributed by atoms with Crippen LogP contribution in [0.5, 0.6) is 0 Å². The van der Waals surface area contributed by atoms with Crippen molar-refractivity contribution in [1.29, 1.82) is 0 Å². The fourth-order valence-corrected chi connectivity index (χ4v) is 5.38. The maximum atomic E-state index is 13.2. The highest BCUT2D eigenvalue weighted by Crippen LogP contribution is 2.33. The molecule has 1 atom stereocenters. The lowest BCUT2D eigenvalue weighted by atomic mass is 9.93. The number of benzene rings is 2. The minimum Gasteiger partial charge on any atom is -0.310 e. The van der Waals surface area contributed by atoms with E-state index in [1.54, 1.807) is 22.2 Å². The number of nitrogens with zero attached hydrogens (tertiary/aromatic N) is 2. The van der Waals surface area contributed by atoms with E-state index in [0.717, 1.165) is 41.6 Å². The van der Waals surface area contributed by atoms with Gasteiger partial charge in [-0.3, -0.25) is 9.36 Å². The predicted molar refractivity (Wildman–Crippen MR) is 119 cm³/mol. The number of nitrogens with one attached hydrogen (secondary N) is 1. The minimum atomic E-state index is 0.0899. The lowest BCUT2D eigenvalue weighted by Gasteiger charge is -2.23. The van der Waals surface area contributed by atoms with Crippen LogP contribution in [0.3, 0.4) is 0 Å². The van der Waals surface area contributed by atoms with Gasteiger partial charge < -0.3 is 5.32 Å². The second kappa shape index (κ2) is 7.93. The van der Waals surface area contributed by atoms with Crippen LogP contribution in [-0.2, 0) is 25.9 Å². The van der Waals surface area contributed by atoms with Crippen molar-refractivity contribution in [3.63, 3.8) is 0 Å². The van der Waals surface area contributed by atoms with Crippen molar-refractivity contribution in [3.8, 4) is 0 Å². The molecule has 0 aliphatic heterocycles. The van der Waals surface area contributed by atoms with Gasteiger partial charge in [0.2, 0.25) is 0 Å². The maximum absolute atomic E-state index is 13.2. The molecule has 0 radical (unpaired) electrons. The van der Waals surface area contributed by atoms with Crippen LogP contribution in [0.2, 0.25) is 0 Å². The lowest BCUT2D eigenvalue weighted by Crippen LogP contribution is -2.33. The third kappa shape index (κ3) is 3.76. The highest BCUT2D eigenvalue weighted by Gasteiger charge is 2.25. The summed E-state index contributed by atoms with van der Waals surface area (Å²) in [6.07, 6.45) is 4.67. The number of thiophene rings is 1. The summed E-state index contributed by atoms with van der Waals surface area (Å²) < 4.78 is 1.74. The molecule has 0 amide bonds. The molecule has 2 aromatic heterocycles. The largest absolute Gasteiger partial charge is 0.310 e. The molecule has 5 heteroatoms. The van der Waals surface area contributed by atoms with Gasteiger partial charge in [-0.2, -0.15) is 0 Å². The number of hydrogen-bond donors (Lipinski definition) is 1. The topological polar surface area (TPSA) is 46.9 Å².